The second kappa shape index (κ2) is 6.04. The van der Waals surface area contributed by atoms with Crippen molar-refractivity contribution in [2.24, 2.45) is 0 Å². The third-order valence-electron chi connectivity index (χ3n) is 4.77. The van der Waals surface area contributed by atoms with Gasteiger partial charge in [-0.1, -0.05) is 80.1 Å². The highest BCUT2D eigenvalue weighted by atomic mass is 14.3. The molecule has 0 nitrogen and oxygen atoms in total. The van der Waals surface area contributed by atoms with Gasteiger partial charge >= 0.3 is 0 Å². The third-order valence-corrected chi connectivity index (χ3v) is 4.77. The Morgan fingerprint density at radius 1 is 0.739 bits per heavy atom. The maximum atomic E-state index is 2.38. The molecule has 0 spiro atoms. The standard InChI is InChI=1S/C23H21/c1-2-3-12-21-20-14-7-5-10-18(20)16-23(21)22-15-8-11-17-9-4-6-13-19(17)22/h4-11,13-16H,2-3,12H2,1H3. The second-order valence-electron chi connectivity index (χ2n) is 6.25. The van der Waals surface area contributed by atoms with Crippen molar-refractivity contribution < 1.29 is 0 Å². The van der Waals surface area contributed by atoms with Crippen molar-refractivity contribution in [1.82, 2.24) is 0 Å². The maximum absolute atomic E-state index is 2.38. The van der Waals surface area contributed by atoms with Crippen LogP contribution in [-0.2, 0) is 0 Å². The molecular weight excluding hydrogens is 276 g/mol. The number of hydrogen-bond acceptors (Lipinski definition) is 0. The summed E-state index contributed by atoms with van der Waals surface area (Å²) in [7, 11) is 0. The zero-order chi connectivity index (χ0) is 15.6. The monoisotopic (exact) mass is 297 g/mol. The Morgan fingerprint density at radius 3 is 2.39 bits per heavy atom. The fourth-order valence-electron chi connectivity index (χ4n) is 3.61. The Kier molecular flexibility index (Phi) is 3.75. The summed E-state index contributed by atoms with van der Waals surface area (Å²) in [5, 5.41) is 2.67. The van der Waals surface area contributed by atoms with E-state index in [1.807, 2.05) is 0 Å². The average molecular weight is 297 g/mol. The summed E-state index contributed by atoms with van der Waals surface area (Å²) >= 11 is 0. The van der Waals surface area contributed by atoms with Gasteiger partial charge in [0, 0.05) is 6.42 Å². The molecule has 3 aromatic rings. The van der Waals surface area contributed by atoms with Gasteiger partial charge in [0.2, 0.25) is 0 Å². The lowest BCUT2D eigenvalue weighted by Crippen LogP contribution is -1.88. The predicted molar refractivity (Wildman–Crippen MR) is 100 cm³/mol. The first-order chi connectivity index (χ1) is 11.4. The van der Waals surface area contributed by atoms with Gasteiger partial charge in [0.15, 0.2) is 0 Å². The molecule has 0 saturated heterocycles. The molecule has 23 heavy (non-hydrogen) atoms. The van der Waals surface area contributed by atoms with E-state index in [2.05, 4.69) is 80.1 Å². The van der Waals surface area contributed by atoms with Gasteiger partial charge in [-0.25, -0.2) is 0 Å². The first-order valence-corrected chi connectivity index (χ1v) is 8.54. The number of allylic oxidation sites excluding steroid dienone is 2. The molecule has 0 heterocycles. The molecule has 0 aromatic heterocycles. The van der Waals surface area contributed by atoms with Crippen molar-refractivity contribution in [3.05, 3.63) is 89.8 Å². The van der Waals surface area contributed by atoms with Gasteiger partial charge in [-0.15, -0.1) is 0 Å². The molecule has 1 radical (unpaired) electrons. The van der Waals surface area contributed by atoms with Gasteiger partial charge in [-0.2, -0.15) is 0 Å². The number of rotatable bonds is 4. The SMILES string of the molecule is CCCCC1=C(c2cccc3ccccc23)[CH]c2ccccc21. The lowest BCUT2D eigenvalue weighted by atomic mass is 9.93. The number of fused-ring (bicyclic) bond motifs is 2. The van der Waals surface area contributed by atoms with Gasteiger partial charge < -0.3 is 0 Å². The fraction of sp³-hybridized carbons (Fsp3) is 0.174. The fourth-order valence-corrected chi connectivity index (χ4v) is 3.61. The Bertz CT molecular complexity index is 878. The normalized spacial score (nSPS) is 13.6. The highest BCUT2D eigenvalue weighted by Gasteiger charge is 2.22. The molecule has 0 heteroatoms. The predicted octanol–water partition coefficient (Wildman–Crippen LogP) is 6.51. The van der Waals surface area contributed by atoms with Crippen molar-refractivity contribution in [3.63, 3.8) is 0 Å². The van der Waals surface area contributed by atoms with Crippen molar-refractivity contribution in [3.8, 4) is 0 Å². The summed E-state index contributed by atoms with van der Waals surface area (Å²) in [5.41, 5.74) is 7.08. The molecule has 113 valence electrons. The molecule has 0 amide bonds. The van der Waals surface area contributed by atoms with Crippen LogP contribution in [0.15, 0.2) is 66.7 Å². The summed E-state index contributed by atoms with van der Waals surface area (Å²) in [4.78, 5) is 0. The first kappa shape index (κ1) is 14.3. The Hall–Kier alpha value is -2.34. The summed E-state index contributed by atoms with van der Waals surface area (Å²) in [5.74, 6) is 0. The van der Waals surface area contributed by atoms with E-state index in [9.17, 15) is 0 Å². The van der Waals surface area contributed by atoms with Crippen LogP contribution in [0.25, 0.3) is 21.9 Å². The van der Waals surface area contributed by atoms with E-state index in [0.29, 0.717) is 0 Å². The van der Waals surface area contributed by atoms with E-state index in [-0.39, 0.29) is 0 Å². The van der Waals surface area contributed by atoms with E-state index >= 15 is 0 Å². The van der Waals surface area contributed by atoms with E-state index < -0.39 is 0 Å². The smallest absolute Gasteiger partial charge is 0.0214 e. The quantitative estimate of drug-likeness (QED) is 0.515. The molecule has 0 bridgehead atoms. The Balaban J connectivity index is 1.91. The van der Waals surface area contributed by atoms with Gasteiger partial charge in [0.25, 0.3) is 0 Å². The highest BCUT2D eigenvalue weighted by Crippen LogP contribution is 2.43. The van der Waals surface area contributed by atoms with Crippen molar-refractivity contribution in [2.75, 3.05) is 0 Å². The van der Waals surface area contributed by atoms with Crippen molar-refractivity contribution >= 4 is 21.9 Å². The van der Waals surface area contributed by atoms with E-state index in [1.165, 1.54) is 51.5 Å². The molecule has 3 aromatic carbocycles. The maximum Gasteiger partial charge on any atom is 0.0214 e. The molecule has 1 aliphatic rings. The van der Waals surface area contributed by atoms with Crippen LogP contribution < -0.4 is 0 Å². The Morgan fingerprint density at radius 2 is 1.48 bits per heavy atom. The molecule has 4 rings (SSSR count). The molecule has 0 N–H and O–H groups in total. The van der Waals surface area contributed by atoms with Crippen LogP contribution >= 0.6 is 0 Å². The minimum atomic E-state index is 1.16. The van der Waals surface area contributed by atoms with Crippen LogP contribution in [0.1, 0.15) is 42.9 Å². The number of hydrogen-bond donors (Lipinski definition) is 0. The van der Waals surface area contributed by atoms with Crippen molar-refractivity contribution in [2.45, 2.75) is 26.2 Å². The molecule has 1 aliphatic carbocycles. The molecule has 0 aliphatic heterocycles. The third kappa shape index (κ3) is 2.49. The molecule has 0 unspecified atom stereocenters. The van der Waals surface area contributed by atoms with Gasteiger partial charge in [-0.3, -0.25) is 0 Å². The van der Waals surface area contributed by atoms with Crippen LogP contribution in [-0.4, -0.2) is 0 Å². The van der Waals surface area contributed by atoms with Crippen LogP contribution in [0, 0.1) is 6.42 Å². The summed E-state index contributed by atoms with van der Waals surface area (Å²) in [6, 6.07) is 24.2. The number of benzene rings is 3. The van der Waals surface area contributed by atoms with Gasteiger partial charge in [0.05, 0.1) is 0 Å². The summed E-state index contributed by atoms with van der Waals surface area (Å²) in [6.45, 7) is 2.27. The summed E-state index contributed by atoms with van der Waals surface area (Å²) < 4.78 is 0. The van der Waals surface area contributed by atoms with Crippen LogP contribution in [0.5, 0.6) is 0 Å². The van der Waals surface area contributed by atoms with E-state index in [0.717, 1.165) is 6.42 Å². The zero-order valence-electron chi connectivity index (χ0n) is 13.5. The van der Waals surface area contributed by atoms with Gasteiger partial charge in [-0.05, 0) is 51.5 Å². The Labute approximate surface area is 138 Å². The topological polar surface area (TPSA) is 0 Å². The molecule has 0 atom stereocenters. The van der Waals surface area contributed by atoms with E-state index in [1.54, 1.807) is 0 Å². The zero-order valence-corrected chi connectivity index (χ0v) is 13.5. The van der Waals surface area contributed by atoms with Crippen LogP contribution in [0.2, 0.25) is 0 Å². The van der Waals surface area contributed by atoms with Crippen LogP contribution in [0.4, 0.5) is 0 Å². The lowest BCUT2D eigenvalue weighted by molar-refractivity contribution is 0.825. The largest absolute Gasteiger partial charge is 0.0654 e. The van der Waals surface area contributed by atoms with Crippen molar-refractivity contribution in [1.29, 1.82) is 0 Å². The first-order valence-electron chi connectivity index (χ1n) is 8.54. The molecule has 0 saturated carbocycles. The van der Waals surface area contributed by atoms with E-state index in [4.69, 9.17) is 0 Å². The summed E-state index contributed by atoms with van der Waals surface area (Å²) in [6.07, 6.45) is 6.00. The highest BCUT2D eigenvalue weighted by molar-refractivity contribution is 6.08. The molecular formula is C23H21. The number of unbranched alkanes of at least 4 members (excludes halogenated alkanes) is 1. The van der Waals surface area contributed by atoms with Crippen LogP contribution in [0.3, 0.4) is 0 Å². The minimum absolute atomic E-state index is 1.16. The minimum Gasteiger partial charge on any atom is -0.0654 e. The lowest BCUT2D eigenvalue weighted by Gasteiger charge is -2.11. The molecule has 0 fully saturated rings. The van der Waals surface area contributed by atoms with Gasteiger partial charge in [0.1, 0.15) is 0 Å². The average Bonchev–Trinajstić information content (AvgIpc) is 2.98. The second-order valence-corrected chi connectivity index (χ2v) is 6.25.